The second kappa shape index (κ2) is 9.45. The summed E-state index contributed by atoms with van der Waals surface area (Å²) in [7, 11) is 0. The zero-order chi connectivity index (χ0) is 18.2. The molecule has 0 unspecified atom stereocenters. The minimum absolute atomic E-state index is 0.208. The average Bonchev–Trinajstić information content (AvgIpc) is 2.48. The molecule has 134 valence electrons. The van der Waals surface area contributed by atoms with E-state index in [0.717, 1.165) is 30.4 Å². The molecule has 0 aliphatic heterocycles. The third-order valence-corrected chi connectivity index (χ3v) is 3.63. The van der Waals surface area contributed by atoms with Crippen LogP contribution in [0.3, 0.4) is 0 Å². The molecule has 0 saturated heterocycles. The number of benzene rings is 1. The van der Waals surface area contributed by atoms with Crippen molar-refractivity contribution in [2.24, 2.45) is 0 Å². The Morgan fingerprint density at radius 3 is 2.38 bits per heavy atom. The van der Waals surface area contributed by atoms with Crippen LogP contribution in [0.1, 0.15) is 82.1 Å². The zero-order valence-corrected chi connectivity index (χ0v) is 15.6. The van der Waals surface area contributed by atoms with Crippen LogP contribution in [0, 0.1) is 0 Å². The van der Waals surface area contributed by atoms with Gasteiger partial charge in [0.2, 0.25) is 0 Å². The molecular weight excluding hydrogens is 302 g/mol. The third kappa shape index (κ3) is 7.62. The molecule has 1 amide bonds. The molecule has 0 atom stereocenters. The summed E-state index contributed by atoms with van der Waals surface area (Å²) in [5.41, 5.74) is 1.49. The molecule has 0 fully saturated rings. The Balaban J connectivity index is 2.27. The van der Waals surface area contributed by atoms with Gasteiger partial charge in [-0.15, -0.1) is 0 Å². The smallest absolute Gasteiger partial charge is 0.407 e. The Bertz CT molecular complexity index is 544. The number of ether oxygens (including phenoxy) is 1. The molecule has 4 nitrogen and oxygen atoms in total. The van der Waals surface area contributed by atoms with E-state index >= 15 is 0 Å². The summed E-state index contributed by atoms with van der Waals surface area (Å²) in [5.74, 6) is 0.558. The zero-order valence-electron chi connectivity index (χ0n) is 15.6. The maximum atomic E-state index is 12.4. The van der Waals surface area contributed by atoms with Crippen LogP contribution < -0.4 is 5.32 Å². The molecule has 0 spiro atoms. The maximum Gasteiger partial charge on any atom is 0.407 e. The van der Waals surface area contributed by atoms with Gasteiger partial charge in [-0.2, -0.15) is 0 Å². The molecule has 1 aromatic rings. The molecule has 0 radical (unpaired) electrons. The first-order valence-electron chi connectivity index (χ1n) is 8.79. The van der Waals surface area contributed by atoms with Gasteiger partial charge >= 0.3 is 6.09 Å². The largest absolute Gasteiger partial charge is 0.444 e. The van der Waals surface area contributed by atoms with Crippen LogP contribution in [0.5, 0.6) is 0 Å². The average molecular weight is 333 g/mol. The molecule has 0 bridgehead atoms. The summed E-state index contributed by atoms with van der Waals surface area (Å²) in [6.07, 6.45) is 2.76. The summed E-state index contributed by atoms with van der Waals surface area (Å²) >= 11 is 0. The molecule has 1 N–H and O–H groups in total. The predicted octanol–water partition coefficient (Wildman–Crippen LogP) is 5.08. The quantitative estimate of drug-likeness (QED) is 0.533. The summed E-state index contributed by atoms with van der Waals surface area (Å²) in [6, 6.07) is 7.85. The highest BCUT2D eigenvalue weighted by atomic mass is 16.6. The van der Waals surface area contributed by atoms with Crippen molar-refractivity contribution in [3.05, 3.63) is 35.4 Å². The first kappa shape index (κ1) is 20.2. The lowest BCUT2D eigenvalue weighted by atomic mass is 9.93. The number of hydrogen-bond donors (Lipinski definition) is 1. The van der Waals surface area contributed by atoms with Crippen molar-refractivity contribution in [1.82, 2.24) is 5.32 Å². The third-order valence-electron chi connectivity index (χ3n) is 3.63. The summed E-state index contributed by atoms with van der Waals surface area (Å²) in [4.78, 5) is 23.9. The Hall–Kier alpha value is -1.84. The second-order valence-electron chi connectivity index (χ2n) is 7.40. The molecule has 0 saturated carbocycles. The number of ketones is 1. The number of carbonyl (C=O) groups excluding carboxylic acids is 2. The standard InChI is InChI=1S/C20H31NO3/c1-15(2)16-11-8-9-12-17(16)18(22)13-7-6-10-14-21-19(23)24-20(3,4)5/h8-9,11-12,15H,6-7,10,13-14H2,1-5H3,(H,21,23). The topological polar surface area (TPSA) is 55.4 Å². The van der Waals surface area contributed by atoms with E-state index in [1.54, 1.807) is 0 Å². The maximum absolute atomic E-state index is 12.4. The summed E-state index contributed by atoms with van der Waals surface area (Å²) in [6.45, 7) is 10.3. The lowest BCUT2D eigenvalue weighted by Gasteiger charge is -2.19. The molecular formula is C20H31NO3. The van der Waals surface area contributed by atoms with Gasteiger partial charge in [-0.1, -0.05) is 44.5 Å². The Kier molecular flexibility index (Phi) is 7.96. The Labute approximate surface area is 146 Å². The highest BCUT2D eigenvalue weighted by Gasteiger charge is 2.15. The van der Waals surface area contributed by atoms with E-state index < -0.39 is 5.60 Å². The molecule has 0 aromatic heterocycles. The van der Waals surface area contributed by atoms with Gasteiger partial charge < -0.3 is 10.1 Å². The minimum atomic E-state index is -0.472. The summed E-state index contributed by atoms with van der Waals surface area (Å²) in [5, 5.41) is 2.74. The van der Waals surface area contributed by atoms with Gasteiger partial charge in [0.1, 0.15) is 5.60 Å². The molecule has 24 heavy (non-hydrogen) atoms. The van der Waals surface area contributed by atoms with E-state index in [-0.39, 0.29) is 11.9 Å². The van der Waals surface area contributed by atoms with Gasteiger partial charge in [0.15, 0.2) is 5.78 Å². The fourth-order valence-corrected chi connectivity index (χ4v) is 2.48. The van der Waals surface area contributed by atoms with Crippen molar-refractivity contribution in [1.29, 1.82) is 0 Å². The van der Waals surface area contributed by atoms with Crippen LogP contribution in [0.15, 0.2) is 24.3 Å². The van der Waals surface area contributed by atoms with E-state index in [0.29, 0.717) is 18.9 Å². The van der Waals surface area contributed by atoms with Crippen LogP contribution in [0.4, 0.5) is 4.79 Å². The van der Waals surface area contributed by atoms with E-state index in [9.17, 15) is 9.59 Å². The van der Waals surface area contributed by atoms with Crippen molar-refractivity contribution < 1.29 is 14.3 Å². The van der Waals surface area contributed by atoms with Crippen molar-refractivity contribution >= 4 is 11.9 Å². The fourth-order valence-electron chi connectivity index (χ4n) is 2.48. The highest BCUT2D eigenvalue weighted by Crippen LogP contribution is 2.21. The van der Waals surface area contributed by atoms with Crippen molar-refractivity contribution in [3.8, 4) is 0 Å². The van der Waals surface area contributed by atoms with Gasteiger partial charge in [-0.05, 0) is 45.1 Å². The summed E-state index contributed by atoms with van der Waals surface area (Å²) < 4.78 is 5.17. The van der Waals surface area contributed by atoms with E-state index in [1.165, 1.54) is 0 Å². The number of alkyl carbamates (subject to hydrolysis) is 1. The lowest BCUT2D eigenvalue weighted by Crippen LogP contribution is -2.32. The van der Waals surface area contributed by atoms with Gasteiger partial charge in [0.05, 0.1) is 0 Å². The van der Waals surface area contributed by atoms with E-state index in [1.807, 2.05) is 45.0 Å². The number of rotatable bonds is 8. The Morgan fingerprint density at radius 2 is 1.75 bits per heavy atom. The number of carbonyl (C=O) groups is 2. The van der Waals surface area contributed by atoms with Crippen LogP contribution in [0.2, 0.25) is 0 Å². The van der Waals surface area contributed by atoms with Crippen LogP contribution in [-0.2, 0) is 4.74 Å². The number of hydrogen-bond acceptors (Lipinski definition) is 3. The van der Waals surface area contributed by atoms with E-state index in [2.05, 4.69) is 19.2 Å². The second-order valence-corrected chi connectivity index (χ2v) is 7.40. The van der Waals surface area contributed by atoms with Crippen molar-refractivity contribution in [2.45, 2.75) is 71.8 Å². The number of nitrogens with one attached hydrogen (secondary N) is 1. The molecule has 0 aliphatic carbocycles. The first-order valence-corrected chi connectivity index (χ1v) is 8.79. The van der Waals surface area contributed by atoms with Crippen LogP contribution in [-0.4, -0.2) is 24.0 Å². The SMILES string of the molecule is CC(C)c1ccccc1C(=O)CCCCCNC(=O)OC(C)(C)C. The van der Waals surface area contributed by atoms with Gasteiger partial charge in [0, 0.05) is 18.5 Å². The van der Waals surface area contributed by atoms with Crippen molar-refractivity contribution in [2.75, 3.05) is 6.54 Å². The first-order chi connectivity index (χ1) is 11.2. The number of amides is 1. The monoisotopic (exact) mass is 333 g/mol. The molecule has 0 aliphatic rings. The lowest BCUT2D eigenvalue weighted by molar-refractivity contribution is 0.0526. The normalized spacial score (nSPS) is 11.4. The minimum Gasteiger partial charge on any atom is -0.444 e. The van der Waals surface area contributed by atoms with Crippen molar-refractivity contribution in [3.63, 3.8) is 0 Å². The Morgan fingerprint density at radius 1 is 1.08 bits per heavy atom. The number of unbranched alkanes of at least 4 members (excludes halogenated alkanes) is 2. The molecule has 4 heteroatoms. The predicted molar refractivity (Wildman–Crippen MR) is 97.6 cm³/mol. The van der Waals surface area contributed by atoms with Gasteiger partial charge in [-0.3, -0.25) is 4.79 Å². The van der Waals surface area contributed by atoms with Gasteiger partial charge in [-0.25, -0.2) is 4.79 Å². The van der Waals surface area contributed by atoms with E-state index in [4.69, 9.17) is 4.74 Å². The fraction of sp³-hybridized carbons (Fsp3) is 0.600. The van der Waals surface area contributed by atoms with Gasteiger partial charge in [0.25, 0.3) is 0 Å². The highest BCUT2D eigenvalue weighted by molar-refractivity contribution is 5.97. The molecule has 1 rings (SSSR count). The van der Waals surface area contributed by atoms with Crippen LogP contribution >= 0.6 is 0 Å². The molecule has 1 aromatic carbocycles. The van der Waals surface area contributed by atoms with Crippen LogP contribution in [0.25, 0.3) is 0 Å². The number of Topliss-reactive ketones (excluding diaryl/α,β-unsaturated/α-hetero) is 1. The molecule has 0 heterocycles.